The number of hydrogen-bond acceptors (Lipinski definition) is 9. The van der Waals surface area contributed by atoms with Crippen LogP contribution in [0.25, 0.3) is 0 Å². The Balaban J connectivity index is 0.000000284. The van der Waals surface area contributed by atoms with Gasteiger partial charge in [-0.05, 0) is 260 Å². The number of benzene rings is 4. The monoisotopic (exact) mass is 1610 g/mol. The van der Waals surface area contributed by atoms with Crippen LogP contribution in [-0.2, 0) is 27.2 Å². The van der Waals surface area contributed by atoms with Crippen LogP contribution in [-0.4, -0.2) is 47.4 Å². The highest BCUT2D eigenvalue weighted by Gasteiger charge is 2.21. The van der Waals surface area contributed by atoms with E-state index in [1.807, 2.05) is 38.1 Å². The summed E-state index contributed by atoms with van der Waals surface area (Å²) < 4.78 is 23.8. The second-order valence-electron chi connectivity index (χ2n) is 10.7. The average molecular weight is 1610 g/mol. The molecule has 4 aromatic rings. The van der Waals surface area contributed by atoms with Gasteiger partial charge in [0.05, 0.1) is 41.1 Å². The van der Waals surface area contributed by atoms with Crippen molar-refractivity contribution in [2.45, 2.75) is 38.8 Å². The summed E-state index contributed by atoms with van der Waals surface area (Å²) in [6.07, 6.45) is 0.859. The number of carboxylic acids is 1. The number of nitrogens with one attached hydrogen (secondary N) is 1. The molecule has 6 N–H and O–H groups in total. The van der Waals surface area contributed by atoms with Crippen LogP contribution in [0.2, 0.25) is 0 Å². The number of phenolic OH excluding ortho intramolecular Hbond substituents is 2. The smallest absolute Gasteiger partial charge is 0.323 e. The molecule has 2 atom stereocenters. The molecule has 0 spiro atoms. The van der Waals surface area contributed by atoms with E-state index in [4.69, 9.17) is 14.2 Å². The molecule has 0 aliphatic carbocycles. The van der Waals surface area contributed by atoms with Crippen molar-refractivity contribution in [3.63, 3.8) is 0 Å². The fourth-order valence-electron chi connectivity index (χ4n) is 4.43. The highest BCUT2D eigenvalue weighted by Crippen LogP contribution is 2.38. The summed E-state index contributed by atoms with van der Waals surface area (Å²) in [5.41, 5.74) is 5.49. The van der Waals surface area contributed by atoms with Crippen molar-refractivity contribution >= 4 is 193 Å². The van der Waals surface area contributed by atoms with Crippen LogP contribution < -0.4 is 25.6 Å². The molecule has 18 heteroatoms. The third-order valence-corrected chi connectivity index (χ3v) is 13.3. The lowest BCUT2D eigenvalue weighted by molar-refractivity contribution is -0.437. The van der Waals surface area contributed by atoms with Crippen molar-refractivity contribution in [3.8, 4) is 34.5 Å². The van der Waals surface area contributed by atoms with E-state index >= 15 is 0 Å². The Labute approximate surface area is 410 Å². The van der Waals surface area contributed by atoms with Gasteiger partial charge in [-0.15, -0.1) is 0 Å². The van der Waals surface area contributed by atoms with Gasteiger partial charge in [0.25, 0.3) is 0 Å². The summed E-state index contributed by atoms with van der Waals surface area (Å²) in [5, 5.41) is 33.8. The number of aliphatic carboxylic acids is 1. The molecule has 4 rings (SSSR count). The largest absolute Gasteiger partial charge is 0.544 e. The molecule has 0 aliphatic rings. The topological polar surface area (TPSA) is 165 Å². The molecule has 0 radical (unpaired) electrons. The standard InChI is InChI=1S/C19H19I4NO4.C15H11I4NO4/c1-3-24-16(19(26)27-4-2)7-10-5-14(22)18(15(23)6-10)28-11-8-12(20)17(25)13(21)9-11;16-8-4-7(5-9(17)13(8)21)24-14-10(18)1-6(2-11(14)19)3-12(20)15(22)23/h5-6,8-9,16,24-25H,3-4,7H2,1-2H3;1-2,4-5,12,21H,3,20H2,(H,22,23). The molecule has 0 aromatic heterocycles. The van der Waals surface area contributed by atoms with E-state index in [9.17, 15) is 24.9 Å². The minimum atomic E-state index is -1.16. The molecular weight excluding hydrogens is 1580 g/mol. The van der Waals surface area contributed by atoms with Crippen molar-refractivity contribution < 1.29 is 44.9 Å². The third-order valence-electron chi connectivity index (χ3n) is 6.81. The van der Waals surface area contributed by atoms with E-state index in [0.717, 1.165) is 38.3 Å². The van der Waals surface area contributed by atoms with Crippen LogP contribution in [0, 0.1) is 28.6 Å². The number of aromatic hydroxyl groups is 2. The quantitative estimate of drug-likeness (QED) is 0.0764. The van der Waals surface area contributed by atoms with Crippen LogP contribution in [0.4, 0.5) is 0 Å². The Morgan fingerprint density at radius 3 is 1.37 bits per heavy atom. The fourth-order valence-corrected chi connectivity index (χ4v) is 12.1. The Kier molecular flexibility index (Phi) is 20.5. The molecule has 0 amide bonds. The molecule has 2 unspecified atom stereocenters. The lowest BCUT2D eigenvalue weighted by Gasteiger charge is -2.18. The summed E-state index contributed by atoms with van der Waals surface area (Å²) in [7, 11) is 0. The predicted octanol–water partition coefficient (Wildman–Crippen LogP) is 8.19. The maximum Gasteiger partial charge on any atom is 0.323 e. The zero-order valence-corrected chi connectivity index (χ0v) is 44.4. The van der Waals surface area contributed by atoms with E-state index in [-0.39, 0.29) is 23.5 Å². The van der Waals surface area contributed by atoms with Crippen LogP contribution in [0.1, 0.15) is 25.0 Å². The van der Waals surface area contributed by atoms with Gasteiger partial charge in [-0.2, -0.15) is 0 Å². The van der Waals surface area contributed by atoms with Crippen molar-refractivity contribution in [1.29, 1.82) is 0 Å². The molecule has 0 saturated heterocycles. The molecule has 4 aromatic carbocycles. The van der Waals surface area contributed by atoms with Gasteiger partial charge in [-0.25, -0.2) is 0 Å². The lowest BCUT2D eigenvalue weighted by atomic mass is 10.1. The molecule has 52 heavy (non-hydrogen) atoms. The van der Waals surface area contributed by atoms with Crippen molar-refractivity contribution in [1.82, 2.24) is 5.32 Å². The first-order chi connectivity index (χ1) is 24.4. The number of rotatable bonds is 13. The highest BCUT2D eigenvalue weighted by molar-refractivity contribution is 14.1. The SMILES string of the molecule is CCNC(Cc1cc(I)c(Oc2cc(I)c(O)c(I)c2)c(I)c1)C(=O)OCC.[NH3+]C(Cc1cc(I)c(Oc2cc(I)c(O)c(I)c2)c(I)c1)C(=O)[O-]. The summed E-state index contributed by atoms with van der Waals surface area (Å²) in [6, 6.07) is 13.8. The number of quaternary nitrogens is 1. The van der Waals surface area contributed by atoms with Gasteiger partial charge < -0.3 is 45.4 Å². The number of hydrogen-bond donors (Lipinski definition) is 4. The van der Waals surface area contributed by atoms with Crippen molar-refractivity contribution in [2.75, 3.05) is 13.2 Å². The minimum Gasteiger partial charge on any atom is -0.544 e. The number of phenols is 2. The van der Waals surface area contributed by atoms with E-state index < -0.39 is 12.0 Å². The van der Waals surface area contributed by atoms with Gasteiger partial charge >= 0.3 is 5.97 Å². The summed E-state index contributed by atoms with van der Waals surface area (Å²) in [4.78, 5) is 23.0. The third kappa shape index (κ3) is 14.0. The van der Waals surface area contributed by atoms with Crippen LogP contribution in [0.5, 0.6) is 34.5 Å². The number of carbonyl (C=O) groups excluding carboxylic acids is 2. The van der Waals surface area contributed by atoms with E-state index in [2.05, 4.69) is 192 Å². The second kappa shape index (κ2) is 22.6. The van der Waals surface area contributed by atoms with Gasteiger partial charge in [-0.1, -0.05) is 6.92 Å². The number of ether oxygens (including phenoxy) is 3. The van der Waals surface area contributed by atoms with Gasteiger partial charge in [0.1, 0.15) is 35.1 Å². The van der Waals surface area contributed by atoms with Crippen LogP contribution >= 0.6 is 181 Å². The first-order valence-electron chi connectivity index (χ1n) is 15.1. The number of carboxylic acid groups (broad SMARTS) is 1. The molecule has 0 fully saturated rings. The highest BCUT2D eigenvalue weighted by atomic mass is 127. The summed E-state index contributed by atoms with van der Waals surface area (Å²) >= 11 is 17.1. The Morgan fingerprint density at radius 1 is 0.673 bits per heavy atom. The Morgan fingerprint density at radius 2 is 1.04 bits per heavy atom. The molecule has 0 bridgehead atoms. The number of esters is 1. The zero-order valence-electron chi connectivity index (χ0n) is 27.2. The Hall–Kier alpha value is 0.780. The van der Waals surface area contributed by atoms with Crippen LogP contribution in [0.3, 0.4) is 0 Å². The summed E-state index contributed by atoms with van der Waals surface area (Å²) in [6.45, 7) is 4.84. The second-order valence-corrected chi connectivity index (χ2v) is 20.0. The van der Waals surface area contributed by atoms with E-state index in [1.165, 1.54) is 0 Å². The summed E-state index contributed by atoms with van der Waals surface area (Å²) in [5.74, 6) is 1.89. The number of carbonyl (C=O) groups is 2. The molecule has 0 saturated carbocycles. The lowest BCUT2D eigenvalue weighted by Crippen LogP contribution is -2.69. The van der Waals surface area contributed by atoms with Gasteiger partial charge in [0.2, 0.25) is 0 Å². The number of halogens is 8. The van der Waals surface area contributed by atoms with Gasteiger partial charge in [0, 0.05) is 6.42 Å². The maximum atomic E-state index is 12.2. The van der Waals surface area contributed by atoms with Gasteiger partial charge in [0.15, 0.2) is 11.5 Å². The minimum absolute atomic E-state index is 0.233. The maximum absolute atomic E-state index is 12.2. The fraction of sp³-hybridized carbons (Fsp3) is 0.235. The molecule has 0 aliphatic heterocycles. The van der Waals surface area contributed by atoms with Crippen molar-refractivity contribution in [2.24, 2.45) is 0 Å². The Bertz CT molecular complexity index is 1840. The molecular formula is C34H30I8N2O8. The first-order valence-corrected chi connectivity index (χ1v) is 23.7. The van der Waals surface area contributed by atoms with Crippen molar-refractivity contribution in [3.05, 3.63) is 88.2 Å². The molecule has 0 heterocycles. The average Bonchev–Trinajstić information content (AvgIpc) is 3.06. The zero-order chi connectivity index (χ0) is 38.9. The van der Waals surface area contributed by atoms with Gasteiger partial charge in [-0.3, -0.25) is 4.79 Å². The van der Waals surface area contributed by atoms with Crippen LogP contribution in [0.15, 0.2) is 48.5 Å². The molecule has 280 valence electrons. The number of likely N-dealkylation sites (N-methyl/N-ethyl adjacent to an activating group) is 1. The van der Waals surface area contributed by atoms with E-state index in [0.29, 0.717) is 50.4 Å². The normalized spacial score (nSPS) is 12.0. The predicted molar refractivity (Wildman–Crippen MR) is 264 cm³/mol. The molecule has 10 nitrogen and oxygen atoms in total. The van der Waals surface area contributed by atoms with E-state index in [1.54, 1.807) is 24.3 Å². The first kappa shape index (κ1) is 47.2.